The Morgan fingerprint density at radius 3 is 1.89 bits per heavy atom. The molecule has 3 heterocycles. The van der Waals surface area contributed by atoms with Crippen LogP contribution in [-0.4, -0.2) is 140 Å². The highest BCUT2D eigenvalue weighted by atomic mass is 31.2. The number of aliphatic hydroxyl groups excluding tert-OH is 4. The first-order valence-corrected chi connectivity index (χ1v) is 13.4. The van der Waals surface area contributed by atoms with Gasteiger partial charge in [0.2, 0.25) is 0 Å². The molecule has 0 saturated carbocycles. The average Bonchev–Trinajstić information content (AvgIpc) is 3.34. The van der Waals surface area contributed by atoms with Crippen molar-refractivity contribution in [2.24, 2.45) is 0 Å². The molecule has 3 saturated heterocycles. The molecule has 0 aromatic rings. The van der Waals surface area contributed by atoms with Crippen molar-refractivity contribution < 1.29 is 71.6 Å². The number of hydrogen-bond donors (Lipinski definition) is 6. The minimum atomic E-state index is -4.95. The molecule has 3 aliphatic rings. The third-order valence-electron chi connectivity index (χ3n) is 5.51. The Labute approximate surface area is 204 Å². The monoisotopic (exact) mass is 540 g/mol. The van der Waals surface area contributed by atoms with Crippen LogP contribution in [0.1, 0.15) is 6.42 Å². The Balaban J connectivity index is 1.55. The summed E-state index contributed by atoms with van der Waals surface area (Å²) in [6.45, 7) is -2.02. The highest BCUT2D eigenvalue weighted by Gasteiger charge is 2.48. The van der Waals surface area contributed by atoms with Gasteiger partial charge >= 0.3 is 15.6 Å². The Hall–Kier alpha value is 0.135. The maximum Gasteiger partial charge on any atom is 0.472 e. The zero-order valence-corrected chi connectivity index (χ0v) is 20.0. The number of rotatable bonds is 11. The topological polar surface area (TPSA) is 220 Å². The Kier molecular flexibility index (Phi) is 10.1. The predicted molar refractivity (Wildman–Crippen MR) is 114 cm³/mol. The number of phosphoric acid groups is 2. The normalized spacial score (nSPS) is 45.4. The van der Waals surface area contributed by atoms with Gasteiger partial charge < -0.3 is 44.4 Å². The summed E-state index contributed by atoms with van der Waals surface area (Å²) >= 11 is 0. The molecule has 6 radical (unpaired) electrons. The summed E-state index contributed by atoms with van der Waals surface area (Å²) in [4.78, 5) is 20.0. The second-order valence-corrected chi connectivity index (χ2v) is 10.9. The first kappa shape index (κ1) is 29.7. The van der Waals surface area contributed by atoms with Crippen LogP contribution in [0.5, 0.6) is 0 Å². The first-order valence-electron chi connectivity index (χ1n) is 10.4. The van der Waals surface area contributed by atoms with Gasteiger partial charge in [-0.15, -0.1) is 0 Å². The lowest BCUT2D eigenvalue weighted by molar-refractivity contribution is -0.0370. The van der Waals surface area contributed by atoms with E-state index < -0.39 is 102 Å². The highest BCUT2D eigenvalue weighted by Crippen LogP contribution is 2.50. The van der Waals surface area contributed by atoms with E-state index in [-0.39, 0.29) is 6.42 Å². The third kappa shape index (κ3) is 7.59. The summed E-state index contributed by atoms with van der Waals surface area (Å²) in [7, 11) is 6.84. The van der Waals surface area contributed by atoms with Crippen LogP contribution in [-0.2, 0) is 41.4 Å². The van der Waals surface area contributed by atoms with E-state index in [0.29, 0.717) is 0 Å². The highest BCUT2D eigenvalue weighted by molar-refractivity contribution is 7.47. The molecule has 0 bridgehead atoms. The molecule has 0 aromatic heterocycles. The van der Waals surface area contributed by atoms with Gasteiger partial charge in [0.05, 0.1) is 32.0 Å². The molecule has 194 valence electrons. The fourth-order valence-electron chi connectivity index (χ4n) is 3.69. The Morgan fingerprint density at radius 1 is 0.771 bits per heavy atom. The van der Waals surface area contributed by atoms with Crippen LogP contribution in [0, 0.1) is 0 Å². The molecule has 13 atom stereocenters. The van der Waals surface area contributed by atoms with Gasteiger partial charge in [-0.2, -0.15) is 0 Å². The number of hydrogen-bond acceptors (Lipinski definition) is 13. The largest absolute Gasteiger partial charge is 0.472 e. The lowest BCUT2D eigenvalue weighted by Crippen LogP contribution is -2.37. The van der Waals surface area contributed by atoms with E-state index in [2.05, 4.69) is 0 Å². The van der Waals surface area contributed by atoms with Crippen LogP contribution < -0.4 is 0 Å². The lowest BCUT2D eigenvalue weighted by Gasteiger charge is -2.25. The van der Waals surface area contributed by atoms with E-state index in [1.54, 1.807) is 0 Å². The van der Waals surface area contributed by atoms with Gasteiger partial charge in [-0.05, 0) is 6.42 Å². The Bertz CT molecular complexity index is 812. The molecule has 0 spiro atoms. The van der Waals surface area contributed by atoms with Gasteiger partial charge in [-0.25, -0.2) is 9.13 Å². The fourth-order valence-corrected chi connectivity index (χ4v) is 5.61. The van der Waals surface area contributed by atoms with Gasteiger partial charge in [0.15, 0.2) is 0 Å². The van der Waals surface area contributed by atoms with Crippen LogP contribution in [0.3, 0.4) is 0 Å². The van der Waals surface area contributed by atoms with E-state index >= 15 is 0 Å². The fraction of sp³-hybridized carbons (Fsp3) is 1.00. The molecular weight excluding hydrogens is 515 g/mol. The van der Waals surface area contributed by atoms with Crippen LogP contribution >= 0.6 is 15.6 Å². The second kappa shape index (κ2) is 11.9. The quantitative estimate of drug-likeness (QED) is 0.109. The van der Waals surface area contributed by atoms with Crippen LogP contribution in [0.15, 0.2) is 0 Å². The van der Waals surface area contributed by atoms with E-state index in [1.807, 2.05) is 0 Å². The van der Waals surface area contributed by atoms with Crippen molar-refractivity contribution in [3.63, 3.8) is 0 Å². The summed E-state index contributed by atoms with van der Waals surface area (Å²) in [5, 5.41) is 38.8. The average molecular weight is 540 g/mol. The van der Waals surface area contributed by atoms with Gasteiger partial charge in [0.1, 0.15) is 60.2 Å². The van der Waals surface area contributed by atoms with Gasteiger partial charge in [-0.3, -0.25) is 18.1 Å². The van der Waals surface area contributed by atoms with E-state index in [4.69, 9.17) is 55.8 Å². The summed E-state index contributed by atoms with van der Waals surface area (Å²) in [6.07, 6.45) is -10.9. The number of aliphatic hydroxyl groups is 4. The molecule has 0 aromatic carbocycles. The molecule has 3 rings (SSSR count). The van der Waals surface area contributed by atoms with Crippen molar-refractivity contribution in [1.82, 2.24) is 0 Å². The Morgan fingerprint density at radius 2 is 1.31 bits per heavy atom. The summed E-state index contributed by atoms with van der Waals surface area (Å²) < 4.78 is 59.6. The zero-order valence-electron chi connectivity index (χ0n) is 18.2. The van der Waals surface area contributed by atoms with Crippen molar-refractivity contribution in [3.05, 3.63) is 0 Å². The van der Waals surface area contributed by atoms with E-state index in [9.17, 15) is 39.3 Å². The molecule has 7 unspecified atom stereocenters. The van der Waals surface area contributed by atoms with Gasteiger partial charge in [-0.1, -0.05) is 0 Å². The standard InChI is InChI=1S/C15H25B3O15P2/c16-9-1-5(6(2-19)29-9)32-34(23,24)28-4-8-13(12(22)15(18)31-8)33-35(25,26)27-3-7-10(20)11(21)14(17)30-7/h5-15,19-22H,1-4H2,(H,23,24)(H,25,26)/t5?,6-,7-,8-,9-,10?,11?,12?,13?,14-,15-/m1/s1. The zero-order chi connectivity index (χ0) is 26.1. The maximum absolute atomic E-state index is 12.4. The van der Waals surface area contributed by atoms with Crippen molar-refractivity contribution in [1.29, 1.82) is 0 Å². The molecule has 3 fully saturated rings. The van der Waals surface area contributed by atoms with E-state index in [0.717, 1.165) is 0 Å². The molecule has 15 nitrogen and oxygen atoms in total. The van der Waals surface area contributed by atoms with E-state index in [1.165, 1.54) is 0 Å². The van der Waals surface area contributed by atoms with Gasteiger partial charge in [0.25, 0.3) is 0 Å². The molecular formula is C15H25B3O15P2. The van der Waals surface area contributed by atoms with Gasteiger partial charge in [0, 0.05) is 18.0 Å². The second-order valence-electron chi connectivity index (χ2n) is 8.12. The minimum Gasteiger partial charge on any atom is -0.394 e. The van der Waals surface area contributed by atoms with Crippen molar-refractivity contribution in [2.75, 3.05) is 19.8 Å². The minimum absolute atomic E-state index is 0.000753. The first-order chi connectivity index (χ1) is 16.2. The number of ether oxygens (including phenoxy) is 3. The predicted octanol–water partition coefficient (Wildman–Crippen LogP) is -3.86. The van der Waals surface area contributed by atoms with Crippen LogP contribution in [0.25, 0.3) is 0 Å². The van der Waals surface area contributed by atoms with Crippen molar-refractivity contribution in [3.8, 4) is 0 Å². The molecule has 6 N–H and O–H groups in total. The summed E-state index contributed by atoms with van der Waals surface area (Å²) in [5.41, 5.74) is 0. The summed E-state index contributed by atoms with van der Waals surface area (Å²) in [5.74, 6) is 0. The summed E-state index contributed by atoms with van der Waals surface area (Å²) in [6, 6.07) is -3.48. The number of phosphoric ester groups is 2. The van der Waals surface area contributed by atoms with Crippen molar-refractivity contribution in [2.45, 2.75) is 73.3 Å². The molecule has 3 aliphatic heterocycles. The molecule has 0 amide bonds. The third-order valence-corrected chi connectivity index (χ3v) is 7.50. The van der Waals surface area contributed by atoms with Crippen LogP contribution in [0.2, 0.25) is 0 Å². The smallest absolute Gasteiger partial charge is 0.394 e. The molecule has 35 heavy (non-hydrogen) atoms. The van der Waals surface area contributed by atoms with Crippen molar-refractivity contribution >= 4 is 39.2 Å². The maximum atomic E-state index is 12.4. The SMILES string of the molecule is [B][C@@H]1O[C@H](COP(=O)(O)OC2C(O)[C@H]([B])O[C@@H]2COP(=O)(O)OC2C[C@H]([B])O[C@@H]2CO)C(O)C1O. The lowest BCUT2D eigenvalue weighted by atomic mass is 9.93. The molecule has 20 heteroatoms. The van der Waals surface area contributed by atoms with Crippen LogP contribution in [0.4, 0.5) is 0 Å². The molecule has 0 aliphatic carbocycles.